The van der Waals surface area contributed by atoms with Gasteiger partial charge < -0.3 is 5.32 Å². The van der Waals surface area contributed by atoms with Crippen molar-refractivity contribution < 1.29 is 0 Å². The summed E-state index contributed by atoms with van der Waals surface area (Å²) in [7, 11) is 1.92. The van der Waals surface area contributed by atoms with Crippen molar-refractivity contribution in [3.05, 3.63) is 17.6 Å². The predicted octanol–water partition coefficient (Wildman–Crippen LogP) is 3.60. The Morgan fingerprint density at radius 2 is 2.18 bits per heavy atom. The van der Waals surface area contributed by atoms with E-state index in [1.54, 1.807) is 0 Å². The van der Waals surface area contributed by atoms with Crippen LogP contribution in [0.3, 0.4) is 0 Å². The number of anilines is 1. The number of thioether (sulfide) groups is 1. The van der Waals surface area contributed by atoms with E-state index >= 15 is 0 Å². The fourth-order valence-corrected chi connectivity index (χ4v) is 3.24. The molecule has 1 aromatic heterocycles. The van der Waals surface area contributed by atoms with Crippen molar-refractivity contribution in [3.8, 4) is 0 Å². The first kappa shape index (κ1) is 12.7. The minimum atomic E-state index is 0.456. The smallest absolute Gasteiger partial charge is 0.143 e. The highest BCUT2D eigenvalue weighted by molar-refractivity contribution is 7.99. The Kier molecular flexibility index (Phi) is 4.26. The monoisotopic (exact) mass is 251 g/mol. The topological polar surface area (TPSA) is 37.8 Å². The number of aromatic nitrogens is 2. The molecule has 1 aromatic rings. The highest BCUT2D eigenvalue weighted by Gasteiger charge is 2.20. The van der Waals surface area contributed by atoms with E-state index in [1.165, 1.54) is 25.0 Å². The summed E-state index contributed by atoms with van der Waals surface area (Å²) < 4.78 is 0. The van der Waals surface area contributed by atoms with E-state index in [-0.39, 0.29) is 0 Å². The second-order valence-electron chi connectivity index (χ2n) is 4.80. The Bertz CT molecular complexity index is 373. The second-order valence-corrected chi connectivity index (χ2v) is 6.11. The fraction of sp³-hybridized carbons (Fsp3) is 0.692. The maximum atomic E-state index is 4.73. The van der Waals surface area contributed by atoms with E-state index in [0.29, 0.717) is 11.2 Å². The molecule has 1 aliphatic heterocycles. The molecule has 1 aliphatic rings. The molecule has 0 aromatic carbocycles. The lowest BCUT2D eigenvalue weighted by Crippen LogP contribution is -2.10. The minimum Gasteiger partial charge on any atom is -0.373 e. The van der Waals surface area contributed by atoms with Crippen molar-refractivity contribution in [1.29, 1.82) is 0 Å². The first-order valence-electron chi connectivity index (χ1n) is 6.39. The van der Waals surface area contributed by atoms with Gasteiger partial charge in [-0.2, -0.15) is 11.8 Å². The van der Waals surface area contributed by atoms with Gasteiger partial charge in [0.15, 0.2) is 0 Å². The van der Waals surface area contributed by atoms with Crippen molar-refractivity contribution in [2.45, 2.75) is 44.3 Å². The van der Waals surface area contributed by atoms with Crippen LogP contribution in [0.15, 0.2) is 6.07 Å². The molecule has 0 saturated carbocycles. The van der Waals surface area contributed by atoms with Crippen molar-refractivity contribution in [2.75, 3.05) is 18.1 Å². The Morgan fingerprint density at radius 1 is 1.35 bits per heavy atom. The Morgan fingerprint density at radius 3 is 2.76 bits per heavy atom. The summed E-state index contributed by atoms with van der Waals surface area (Å²) in [6.07, 6.45) is 3.86. The summed E-state index contributed by atoms with van der Waals surface area (Å²) in [6, 6.07) is 2.06. The third kappa shape index (κ3) is 3.12. The Hall–Kier alpha value is -0.770. The molecule has 1 unspecified atom stereocenters. The van der Waals surface area contributed by atoms with Crippen LogP contribution in [0, 0.1) is 0 Å². The molecule has 1 saturated heterocycles. The number of nitrogens with zero attached hydrogens (tertiary/aromatic N) is 2. The second kappa shape index (κ2) is 5.71. The van der Waals surface area contributed by atoms with Crippen LogP contribution < -0.4 is 5.32 Å². The molecule has 0 bridgehead atoms. The van der Waals surface area contributed by atoms with Crippen molar-refractivity contribution >= 4 is 17.6 Å². The van der Waals surface area contributed by atoms with Gasteiger partial charge in [-0.05, 0) is 24.5 Å². The summed E-state index contributed by atoms with van der Waals surface area (Å²) in [5.41, 5.74) is 1.14. The number of hydrogen-bond acceptors (Lipinski definition) is 4. The quantitative estimate of drug-likeness (QED) is 0.890. The molecule has 0 aliphatic carbocycles. The van der Waals surface area contributed by atoms with Crippen LogP contribution in [0.25, 0.3) is 0 Å². The zero-order valence-electron chi connectivity index (χ0n) is 10.9. The average Bonchev–Trinajstić information content (AvgIpc) is 2.39. The van der Waals surface area contributed by atoms with E-state index < -0.39 is 0 Å². The van der Waals surface area contributed by atoms with Gasteiger partial charge in [-0.15, -0.1) is 0 Å². The van der Waals surface area contributed by atoms with Gasteiger partial charge in [-0.1, -0.05) is 20.3 Å². The fourth-order valence-electron chi connectivity index (χ4n) is 2.00. The molecule has 2 heterocycles. The van der Waals surface area contributed by atoms with Crippen LogP contribution in [0.2, 0.25) is 0 Å². The summed E-state index contributed by atoms with van der Waals surface area (Å²) in [4.78, 5) is 9.35. The SMILES string of the molecule is CNc1cc(C(C)C)nc(C2CCCCS2)n1. The van der Waals surface area contributed by atoms with Crippen LogP contribution >= 0.6 is 11.8 Å². The van der Waals surface area contributed by atoms with Crippen LogP contribution in [-0.2, 0) is 0 Å². The lowest BCUT2D eigenvalue weighted by atomic mass is 10.1. The third-order valence-corrected chi connectivity index (χ3v) is 4.45. The maximum Gasteiger partial charge on any atom is 0.143 e. The average molecular weight is 251 g/mol. The summed E-state index contributed by atoms with van der Waals surface area (Å²) in [5, 5.41) is 3.64. The Balaban J connectivity index is 2.28. The molecule has 17 heavy (non-hydrogen) atoms. The van der Waals surface area contributed by atoms with Gasteiger partial charge in [-0.25, -0.2) is 9.97 Å². The molecular weight excluding hydrogens is 230 g/mol. The predicted molar refractivity (Wildman–Crippen MR) is 74.7 cm³/mol. The van der Waals surface area contributed by atoms with Gasteiger partial charge in [-0.3, -0.25) is 0 Å². The van der Waals surface area contributed by atoms with Crippen molar-refractivity contribution in [3.63, 3.8) is 0 Å². The summed E-state index contributed by atoms with van der Waals surface area (Å²) in [5.74, 6) is 3.67. The molecule has 3 nitrogen and oxygen atoms in total. The number of nitrogens with one attached hydrogen (secondary N) is 1. The largest absolute Gasteiger partial charge is 0.373 e. The van der Waals surface area contributed by atoms with Crippen molar-refractivity contribution in [2.24, 2.45) is 0 Å². The zero-order chi connectivity index (χ0) is 12.3. The zero-order valence-corrected chi connectivity index (χ0v) is 11.7. The first-order chi connectivity index (χ1) is 8.20. The standard InChI is InChI=1S/C13H21N3S/c1-9(2)10-8-12(14-3)16-13(15-10)11-6-4-5-7-17-11/h8-9,11H,4-7H2,1-3H3,(H,14,15,16). The lowest BCUT2D eigenvalue weighted by Gasteiger charge is -2.21. The molecular formula is C13H21N3S. The molecule has 2 rings (SSSR count). The third-order valence-electron chi connectivity index (χ3n) is 3.08. The molecule has 0 spiro atoms. The van der Waals surface area contributed by atoms with Gasteiger partial charge in [0.2, 0.25) is 0 Å². The first-order valence-corrected chi connectivity index (χ1v) is 7.44. The van der Waals surface area contributed by atoms with Crippen LogP contribution in [0.5, 0.6) is 0 Å². The maximum absolute atomic E-state index is 4.73. The van der Waals surface area contributed by atoms with Crippen LogP contribution in [0.4, 0.5) is 5.82 Å². The molecule has 4 heteroatoms. The summed E-state index contributed by atoms with van der Waals surface area (Å²) >= 11 is 2.00. The van der Waals surface area contributed by atoms with Gasteiger partial charge >= 0.3 is 0 Å². The summed E-state index contributed by atoms with van der Waals surface area (Å²) in [6.45, 7) is 4.36. The van der Waals surface area contributed by atoms with Crippen molar-refractivity contribution in [1.82, 2.24) is 9.97 Å². The van der Waals surface area contributed by atoms with Gasteiger partial charge in [0, 0.05) is 18.8 Å². The number of hydrogen-bond donors (Lipinski definition) is 1. The molecule has 1 fully saturated rings. The minimum absolute atomic E-state index is 0.456. The van der Waals surface area contributed by atoms with Gasteiger partial charge in [0.1, 0.15) is 11.6 Å². The lowest BCUT2D eigenvalue weighted by molar-refractivity contribution is 0.654. The van der Waals surface area contributed by atoms with Crippen LogP contribution in [0.1, 0.15) is 55.8 Å². The normalized spacial score (nSPS) is 20.6. The van der Waals surface area contributed by atoms with E-state index in [9.17, 15) is 0 Å². The van der Waals surface area contributed by atoms with Crippen LogP contribution in [-0.4, -0.2) is 22.8 Å². The highest BCUT2D eigenvalue weighted by atomic mass is 32.2. The van der Waals surface area contributed by atoms with E-state index in [0.717, 1.165) is 17.3 Å². The number of rotatable bonds is 3. The van der Waals surface area contributed by atoms with Gasteiger partial charge in [0.25, 0.3) is 0 Å². The van der Waals surface area contributed by atoms with E-state index in [2.05, 4.69) is 30.2 Å². The van der Waals surface area contributed by atoms with E-state index in [4.69, 9.17) is 4.98 Å². The Labute approximate surface area is 108 Å². The molecule has 0 amide bonds. The molecule has 94 valence electrons. The van der Waals surface area contributed by atoms with E-state index in [1.807, 2.05) is 18.8 Å². The highest BCUT2D eigenvalue weighted by Crippen LogP contribution is 2.37. The molecule has 1 N–H and O–H groups in total. The molecule has 1 atom stereocenters. The van der Waals surface area contributed by atoms with Gasteiger partial charge in [0.05, 0.1) is 5.25 Å². The molecule has 0 radical (unpaired) electrons.